The standard InChI is InChI=1S/C29H31N3O4S/c1-17(2)32(28(33)21-9-7-18(3)8-10-21)22-16-24(37-25(22)29(34)35-4)19-11-13-20(14-12-19)27-31-26-23(36-27)6-5-15-30-26/h5-6,11-18,21H,7-10H2,1-4H3. The van der Waals surface area contributed by atoms with Crippen molar-refractivity contribution in [2.24, 2.45) is 11.8 Å². The maximum Gasteiger partial charge on any atom is 0.350 e. The molecule has 0 unspecified atom stereocenters. The van der Waals surface area contributed by atoms with Gasteiger partial charge in [0.05, 0.1) is 12.8 Å². The minimum Gasteiger partial charge on any atom is -0.465 e. The molecule has 37 heavy (non-hydrogen) atoms. The molecule has 4 aromatic rings. The maximum atomic E-state index is 13.7. The van der Waals surface area contributed by atoms with Crippen molar-refractivity contribution in [3.63, 3.8) is 0 Å². The number of rotatable bonds is 6. The zero-order chi connectivity index (χ0) is 26.1. The summed E-state index contributed by atoms with van der Waals surface area (Å²) in [7, 11) is 1.37. The summed E-state index contributed by atoms with van der Waals surface area (Å²) in [5.41, 5.74) is 3.59. The van der Waals surface area contributed by atoms with Gasteiger partial charge in [0, 0.05) is 28.6 Å². The molecule has 1 aliphatic rings. The van der Waals surface area contributed by atoms with Crippen molar-refractivity contribution in [3.05, 3.63) is 53.5 Å². The van der Waals surface area contributed by atoms with Crippen LogP contribution in [0.25, 0.3) is 33.1 Å². The van der Waals surface area contributed by atoms with Crippen LogP contribution in [0.15, 0.2) is 53.1 Å². The van der Waals surface area contributed by atoms with Crippen molar-refractivity contribution in [2.75, 3.05) is 12.0 Å². The largest absolute Gasteiger partial charge is 0.465 e. The first-order valence-corrected chi connectivity index (χ1v) is 13.5. The van der Waals surface area contributed by atoms with Gasteiger partial charge in [0.25, 0.3) is 0 Å². The van der Waals surface area contributed by atoms with Gasteiger partial charge in [-0.2, -0.15) is 4.98 Å². The lowest BCUT2D eigenvalue weighted by Crippen LogP contribution is -2.42. The number of hydrogen-bond acceptors (Lipinski definition) is 7. The second-order valence-corrected chi connectivity index (χ2v) is 11.0. The minimum absolute atomic E-state index is 0.0162. The summed E-state index contributed by atoms with van der Waals surface area (Å²) in [6.07, 6.45) is 5.58. The van der Waals surface area contributed by atoms with Crippen LogP contribution < -0.4 is 4.90 Å². The van der Waals surface area contributed by atoms with Crippen LogP contribution in [-0.2, 0) is 9.53 Å². The second kappa shape index (κ2) is 10.5. The van der Waals surface area contributed by atoms with Gasteiger partial charge in [-0.05, 0) is 81.3 Å². The van der Waals surface area contributed by atoms with E-state index < -0.39 is 5.97 Å². The molecule has 1 fully saturated rings. The molecule has 192 valence electrons. The molecule has 0 aliphatic heterocycles. The number of hydrogen-bond donors (Lipinski definition) is 0. The van der Waals surface area contributed by atoms with Crippen LogP contribution >= 0.6 is 11.3 Å². The van der Waals surface area contributed by atoms with E-state index in [1.165, 1.54) is 18.4 Å². The maximum absolute atomic E-state index is 13.7. The van der Waals surface area contributed by atoms with Crippen LogP contribution in [0.5, 0.6) is 0 Å². The van der Waals surface area contributed by atoms with Crippen LogP contribution in [-0.4, -0.2) is 35.0 Å². The van der Waals surface area contributed by atoms with Gasteiger partial charge < -0.3 is 14.1 Å². The number of anilines is 1. The molecule has 1 amide bonds. The number of ether oxygens (including phenoxy) is 1. The molecule has 8 heteroatoms. The number of methoxy groups -OCH3 is 1. The first-order valence-electron chi connectivity index (χ1n) is 12.7. The number of amides is 1. The molecule has 0 bridgehead atoms. The number of nitrogens with zero attached hydrogens (tertiary/aromatic N) is 3. The van der Waals surface area contributed by atoms with Crippen molar-refractivity contribution >= 4 is 40.1 Å². The summed E-state index contributed by atoms with van der Waals surface area (Å²) in [4.78, 5) is 38.3. The van der Waals surface area contributed by atoms with Gasteiger partial charge in [-0.15, -0.1) is 11.3 Å². The van der Waals surface area contributed by atoms with E-state index in [0.29, 0.717) is 33.6 Å². The first kappa shape index (κ1) is 25.1. The molecule has 0 radical (unpaired) electrons. The number of thiophene rings is 1. The van der Waals surface area contributed by atoms with Crippen LogP contribution in [0, 0.1) is 11.8 Å². The van der Waals surface area contributed by atoms with Gasteiger partial charge in [-0.25, -0.2) is 9.78 Å². The highest BCUT2D eigenvalue weighted by Gasteiger charge is 2.33. The SMILES string of the molecule is COC(=O)c1sc(-c2ccc(-c3nc4ncccc4o3)cc2)cc1N(C(=O)C1CCC(C)CC1)C(C)C. The first-order chi connectivity index (χ1) is 17.9. The van der Waals surface area contributed by atoms with Crippen molar-refractivity contribution in [3.8, 4) is 21.9 Å². The smallest absolute Gasteiger partial charge is 0.350 e. The second-order valence-electron chi connectivity index (χ2n) is 10.00. The van der Waals surface area contributed by atoms with Crippen LogP contribution in [0.2, 0.25) is 0 Å². The van der Waals surface area contributed by atoms with Gasteiger partial charge in [0.1, 0.15) is 4.88 Å². The number of esters is 1. The van der Waals surface area contributed by atoms with E-state index in [4.69, 9.17) is 9.15 Å². The molecule has 3 heterocycles. The zero-order valence-corrected chi connectivity index (χ0v) is 22.4. The molecular weight excluding hydrogens is 486 g/mol. The molecule has 0 atom stereocenters. The third-order valence-corrected chi connectivity index (χ3v) is 8.20. The molecule has 7 nitrogen and oxygen atoms in total. The van der Waals surface area contributed by atoms with Gasteiger partial charge in [-0.3, -0.25) is 4.79 Å². The third-order valence-electron chi connectivity index (χ3n) is 7.04. The highest BCUT2D eigenvalue weighted by molar-refractivity contribution is 7.18. The van der Waals surface area contributed by atoms with E-state index in [0.717, 1.165) is 41.7 Å². The average molecular weight is 518 g/mol. The Kier molecular flexibility index (Phi) is 7.11. The quantitative estimate of drug-likeness (QED) is 0.257. The van der Waals surface area contributed by atoms with Gasteiger partial charge in [0.15, 0.2) is 11.2 Å². The number of pyridine rings is 1. The molecule has 3 aromatic heterocycles. The summed E-state index contributed by atoms with van der Waals surface area (Å²) >= 11 is 1.34. The number of fused-ring (bicyclic) bond motifs is 1. The minimum atomic E-state index is -0.433. The van der Waals surface area contributed by atoms with E-state index in [1.54, 1.807) is 11.1 Å². The molecule has 0 saturated heterocycles. The Hall–Kier alpha value is -3.52. The average Bonchev–Trinajstić information content (AvgIpc) is 3.54. The van der Waals surface area contributed by atoms with E-state index in [-0.39, 0.29) is 17.9 Å². The zero-order valence-electron chi connectivity index (χ0n) is 21.6. The Bertz CT molecular complexity index is 1380. The normalized spacial score (nSPS) is 17.8. The summed E-state index contributed by atoms with van der Waals surface area (Å²) < 4.78 is 10.9. The predicted molar refractivity (Wildman–Crippen MR) is 146 cm³/mol. The molecule has 5 rings (SSSR count). The van der Waals surface area contributed by atoms with E-state index >= 15 is 0 Å². The van der Waals surface area contributed by atoms with Crippen molar-refractivity contribution in [1.29, 1.82) is 0 Å². The fraction of sp³-hybridized carbons (Fsp3) is 0.379. The Morgan fingerprint density at radius 1 is 1.08 bits per heavy atom. The molecular formula is C29H31N3O4S. The Morgan fingerprint density at radius 3 is 2.43 bits per heavy atom. The Morgan fingerprint density at radius 2 is 1.78 bits per heavy atom. The number of carbonyl (C=O) groups is 2. The molecule has 1 saturated carbocycles. The van der Waals surface area contributed by atoms with Gasteiger partial charge >= 0.3 is 5.97 Å². The summed E-state index contributed by atoms with van der Waals surface area (Å²) in [5.74, 6) is 0.802. The fourth-order valence-corrected chi connectivity index (χ4v) is 6.04. The van der Waals surface area contributed by atoms with Crippen molar-refractivity contribution in [2.45, 2.75) is 52.5 Å². The molecule has 0 spiro atoms. The van der Waals surface area contributed by atoms with Gasteiger partial charge in [0.2, 0.25) is 11.8 Å². The molecule has 1 aromatic carbocycles. The molecule has 0 N–H and O–H groups in total. The number of carbonyl (C=O) groups excluding carboxylic acids is 2. The van der Waals surface area contributed by atoms with Crippen LogP contribution in [0.4, 0.5) is 5.69 Å². The lowest BCUT2D eigenvalue weighted by atomic mass is 9.82. The van der Waals surface area contributed by atoms with E-state index in [1.807, 2.05) is 56.3 Å². The predicted octanol–water partition coefficient (Wildman–Crippen LogP) is 6.97. The monoisotopic (exact) mass is 517 g/mol. The Balaban J connectivity index is 1.48. The van der Waals surface area contributed by atoms with E-state index in [2.05, 4.69) is 16.9 Å². The highest BCUT2D eigenvalue weighted by Crippen LogP contribution is 2.40. The topological polar surface area (TPSA) is 85.5 Å². The number of oxazole rings is 1. The van der Waals surface area contributed by atoms with Crippen LogP contribution in [0.1, 0.15) is 56.1 Å². The van der Waals surface area contributed by atoms with Gasteiger partial charge in [-0.1, -0.05) is 19.1 Å². The molecule has 1 aliphatic carbocycles. The van der Waals surface area contributed by atoms with Crippen molar-refractivity contribution in [1.82, 2.24) is 9.97 Å². The number of benzene rings is 1. The highest BCUT2D eigenvalue weighted by atomic mass is 32.1. The summed E-state index contributed by atoms with van der Waals surface area (Å²) in [6, 6.07) is 13.3. The van der Waals surface area contributed by atoms with Crippen LogP contribution in [0.3, 0.4) is 0 Å². The lowest BCUT2D eigenvalue weighted by molar-refractivity contribution is -0.123. The number of aromatic nitrogens is 2. The summed E-state index contributed by atoms with van der Waals surface area (Å²) in [5, 5.41) is 0. The third kappa shape index (κ3) is 5.03. The summed E-state index contributed by atoms with van der Waals surface area (Å²) in [6.45, 7) is 6.23. The Labute approximate surface area is 220 Å². The fourth-order valence-electron chi connectivity index (χ4n) is 4.97. The lowest BCUT2D eigenvalue weighted by Gasteiger charge is -2.33. The van der Waals surface area contributed by atoms with Crippen molar-refractivity contribution < 1.29 is 18.7 Å². The van der Waals surface area contributed by atoms with E-state index in [9.17, 15) is 9.59 Å².